The lowest BCUT2D eigenvalue weighted by Gasteiger charge is -2.38. The Kier molecular flexibility index (Phi) is 6.31. The van der Waals surface area contributed by atoms with Gasteiger partial charge in [0.05, 0.1) is 6.04 Å². The second kappa shape index (κ2) is 10.9. The number of hydrogen-bond donors (Lipinski definition) is 0. The number of ether oxygens (including phenoxy) is 1. The SMILES string of the molecule is C1=CC(c2cc3c4c(cccc4c2)Oc2ccccc2-3)C(N(c2ccc(-c3ccccc3)cc2)c2cccc3ccccc23)C=C1. The summed E-state index contributed by atoms with van der Waals surface area (Å²) in [5, 5.41) is 4.85. The summed E-state index contributed by atoms with van der Waals surface area (Å²) in [5.74, 6) is 1.94. The van der Waals surface area contributed by atoms with E-state index in [1.54, 1.807) is 0 Å². The fourth-order valence-electron chi connectivity index (χ4n) is 7.29. The summed E-state index contributed by atoms with van der Waals surface area (Å²) >= 11 is 0. The van der Waals surface area contributed by atoms with Gasteiger partial charge in [-0.25, -0.2) is 0 Å². The predicted molar refractivity (Wildman–Crippen MR) is 192 cm³/mol. The number of allylic oxidation sites excluding steroid dienone is 2. The maximum absolute atomic E-state index is 6.36. The summed E-state index contributed by atoms with van der Waals surface area (Å²) in [6, 6.07) is 54.6. The van der Waals surface area contributed by atoms with Gasteiger partial charge in [-0.15, -0.1) is 0 Å². The lowest BCUT2D eigenvalue weighted by molar-refractivity contribution is 0.487. The molecule has 0 saturated heterocycles. The van der Waals surface area contributed by atoms with Crippen LogP contribution in [-0.4, -0.2) is 6.04 Å². The van der Waals surface area contributed by atoms with Gasteiger partial charge >= 0.3 is 0 Å². The van der Waals surface area contributed by atoms with Crippen LogP contribution >= 0.6 is 0 Å². The second-order valence-corrected chi connectivity index (χ2v) is 12.1. The smallest absolute Gasteiger partial charge is 0.135 e. The molecule has 0 fully saturated rings. The van der Waals surface area contributed by atoms with Crippen molar-refractivity contribution in [1.82, 2.24) is 0 Å². The van der Waals surface area contributed by atoms with Crippen molar-refractivity contribution in [2.45, 2.75) is 12.0 Å². The third-order valence-corrected chi connectivity index (χ3v) is 9.43. The highest BCUT2D eigenvalue weighted by molar-refractivity contribution is 6.04. The molecule has 1 aliphatic carbocycles. The number of benzene rings is 7. The highest BCUT2D eigenvalue weighted by Gasteiger charge is 2.31. The van der Waals surface area contributed by atoms with Gasteiger partial charge in [-0.3, -0.25) is 0 Å². The summed E-state index contributed by atoms with van der Waals surface area (Å²) in [7, 11) is 0. The van der Waals surface area contributed by atoms with Gasteiger partial charge in [0.2, 0.25) is 0 Å². The van der Waals surface area contributed by atoms with Gasteiger partial charge < -0.3 is 9.64 Å². The molecule has 2 unspecified atom stereocenters. The molecular formula is C44H31NO. The minimum atomic E-state index is 0.0429. The lowest BCUT2D eigenvalue weighted by atomic mass is 9.82. The molecular weight excluding hydrogens is 558 g/mol. The van der Waals surface area contributed by atoms with Crippen LogP contribution in [0.15, 0.2) is 176 Å². The molecule has 46 heavy (non-hydrogen) atoms. The third-order valence-electron chi connectivity index (χ3n) is 9.43. The zero-order chi connectivity index (χ0) is 30.5. The van der Waals surface area contributed by atoms with Gasteiger partial charge in [0.15, 0.2) is 0 Å². The first-order valence-corrected chi connectivity index (χ1v) is 15.9. The van der Waals surface area contributed by atoms with E-state index in [0.717, 1.165) is 22.7 Å². The molecule has 2 atom stereocenters. The summed E-state index contributed by atoms with van der Waals surface area (Å²) in [4.78, 5) is 2.53. The van der Waals surface area contributed by atoms with Crippen LogP contribution in [0.3, 0.4) is 0 Å². The fourth-order valence-corrected chi connectivity index (χ4v) is 7.29. The summed E-state index contributed by atoms with van der Waals surface area (Å²) in [5.41, 5.74) is 8.45. The average molecular weight is 590 g/mol. The van der Waals surface area contributed by atoms with Crippen molar-refractivity contribution in [3.63, 3.8) is 0 Å². The monoisotopic (exact) mass is 589 g/mol. The van der Waals surface area contributed by atoms with Crippen molar-refractivity contribution in [1.29, 1.82) is 0 Å². The van der Waals surface area contributed by atoms with Gasteiger partial charge in [-0.1, -0.05) is 140 Å². The summed E-state index contributed by atoms with van der Waals surface area (Å²) in [6.45, 7) is 0. The molecule has 0 aromatic heterocycles. The fraction of sp³-hybridized carbons (Fsp3) is 0.0455. The van der Waals surface area contributed by atoms with Gasteiger partial charge in [0.1, 0.15) is 11.5 Å². The van der Waals surface area contributed by atoms with Crippen molar-refractivity contribution in [2.24, 2.45) is 0 Å². The first kappa shape index (κ1) is 26.5. The standard InChI is InChI=1S/C44H31NO/c1-2-12-30(13-3-1)31-24-26-35(27-25-31)45(41-21-10-15-32-14-4-5-17-36(32)41)40-20-8-6-18-37(40)34-28-33-16-11-23-43-44(33)39(29-34)38-19-7-9-22-42(38)46-43/h1-29,37,40H. The van der Waals surface area contributed by atoms with E-state index < -0.39 is 0 Å². The van der Waals surface area contributed by atoms with Crippen LogP contribution < -0.4 is 9.64 Å². The van der Waals surface area contributed by atoms with Crippen LogP contribution in [0.1, 0.15) is 11.5 Å². The predicted octanol–water partition coefficient (Wildman–Crippen LogP) is 11.8. The molecule has 2 heteroatoms. The first-order chi connectivity index (χ1) is 22.8. The molecule has 7 aromatic rings. The van der Waals surface area contributed by atoms with Crippen molar-refractivity contribution in [2.75, 3.05) is 4.90 Å². The van der Waals surface area contributed by atoms with Gasteiger partial charge in [-0.05, 0) is 69.4 Å². The molecule has 0 N–H and O–H groups in total. The van der Waals surface area contributed by atoms with E-state index in [2.05, 4.69) is 175 Å². The van der Waals surface area contributed by atoms with E-state index in [0.29, 0.717) is 0 Å². The molecule has 1 heterocycles. The largest absolute Gasteiger partial charge is 0.456 e. The molecule has 0 bridgehead atoms. The topological polar surface area (TPSA) is 12.5 Å². The quantitative estimate of drug-likeness (QED) is 0.198. The van der Waals surface area contributed by atoms with Crippen molar-refractivity contribution in [3.8, 4) is 33.8 Å². The van der Waals surface area contributed by atoms with E-state index in [-0.39, 0.29) is 12.0 Å². The van der Waals surface area contributed by atoms with Gasteiger partial charge in [0.25, 0.3) is 0 Å². The Balaban J connectivity index is 1.22. The molecule has 0 saturated carbocycles. The molecule has 2 aliphatic rings. The number of anilines is 2. The molecule has 0 radical (unpaired) electrons. The molecule has 0 spiro atoms. The zero-order valence-corrected chi connectivity index (χ0v) is 25.3. The van der Waals surface area contributed by atoms with Crippen LogP contribution in [0, 0.1) is 0 Å². The lowest BCUT2D eigenvalue weighted by Crippen LogP contribution is -2.35. The summed E-state index contributed by atoms with van der Waals surface area (Å²) in [6.07, 6.45) is 9.12. The number of para-hydroxylation sites is 1. The summed E-state index contributed by atoms with van der Waals surface area (Å²) < 4.78 is 6.36. The number of rotatable bonds is 5. The van der Waals surface area contributed by atoms with Gasteiger partial charge in [0, 0.05) is 33.6 Å². The normalized spacial score (nSPS) is 16.3. The van der Waals surface area contributed by atoms with Crippen molar-refractivity contribution in [3.05, 3.63) is 182 Å². The first-order valence-electron chi connectivity index (χ1n) is 15.9. The van der Waals surface area contributed by atoms with Crippen LogP contribution in [0.25, 0.3) is 43.8 Å². The zero-order valence-electron chi connectivity index (χ0n) is 25.3. The van der Waals surface area contributed by atoms with E-state index in [4.69, 9.17) is 4.74 Å². The van der Waals surface area contributed by atoms with Crippen LogP contribution in [0.2, 0.25) is 0 Å². The van der Waals surface area contributed by atoms with E-state index in [9.17, 15) is 0 Å². The Bertz CT molecular complexity index is 2290. The average Bonchev–Trinajstić information content (AvgIpc) is 3.13. The third kappa shape index (κ3) is 4.42. The molecule has 0 amide bonds. The van der Waals surface area contributed by atoms with E-state index >= 15 is 0 Å². The molecule has 1 aliphatic heterocycles. The molecule has 9 rings (SSSR count). The van der Waals surface area contributed by atoms with E-state index in [1.165, 1.54) is 49.5 Å². The van der Waals surface area contributed by atoms with Crippen LogP contribution in [0.5, 0.6) is 11.5 Å². The Morgan fingerprint density at radius 1 is 0.500 bits per heavy atom. The van der Waals surface area contributed by atoms with Gasteiger partial charge in [-0.2, -0.15) is 0 Å². The molecule has 218 valence electrons. The van der Waals surface area contributed by atoms with Crippen molar-refractivity contribution >= 4 is 32.9 Å². The Morgan fingerprint density at radius 2 is 1.20 bits per heavy atom. The highest BCUT2D eigenvalue weighted by atomic mass is 16.5. The van der Waals surface area contributed by atoms with Crippen molar-refractivity contribution < 1.29 is 4.74 Å². The molecule has 2 nitrogen and oxygen atoms in total. The van der Waals surface area contributed by atoms with Crippen LogP contribution in [0.4, 0.5) is 11.4 Å². The highest BCUT2D eigenvalue weighted by Crippen LogP contribution is 2.49. The second-order valence-electron chi connectivity index (χ2n) is 12.1. The maximum Gasteiger partial charge on any atom is 0.135 e. The Labute approximate surface area is 269 Å². The minimum absolute atomic E-state index is 0.0429. The number of fused-ring (bicyclic) bond motifs is 3. The Morgan fingerprint density at radius 3 is 2.11 bits per heavy atom. The molecule has 7 aromatic carbocycles. The number of nitrogens with zero attached hydrogens (tertiary/aromatic N) is 1. The minimum Gasteiger partial charge on any atom is -0.456 e. The maximum atomic E-state index is 6.36. The Hall–Kier alpha value is -5.86. The van der Waals surface area contributed by atoms with E-state index in [1.807, 2.05) is 6.07 Å². The number of hydrogen-bond acceptors (Lipinski definition) is 2. The van der Waals surface area contributed by atoms with Crippen LogP contribution in [-0.2, 0) is 0 Å².